The lowest BCUT2D eigenvalue weighted by Crippen LogP contribution is -2.58. The number of rotatable bonds is 6. The number of carbonyl (C=O) groups is 1. The van der Waals surface area contributed by atoms with E-state index in [4.69, 9.17) is 32.8 Å². The van der Waals surface area contributed by atoms with Gasteiger partial charge in [0.15, 0.2) is 0 Å². The number of anilines is 2. The average Bonchev–Trinajstić information content (AvgIpc) is 2.70. The van der Waals surface area contributed by atoms with Gasteiger partial charge in [0.2, 0.25) is 6.10 Å². The van der Waals surface area contributed by atoms with E-state index in [9.17, 15) is 4.79 Å². The van der Waals surface area contributed by atoms with Crippen molar-refractivity contribution in [3.63, 3.8) is 0 Å². The quantitative estimate of drug-likeness (QED) is 0.469. The number of esters is 1. The molecule has 0 amide bonds. The number of nitrogens with one attached hydrogen (secondary N) is 1. The molecule has 1 N–H and O–H groups in total. The number of ether oxygens (including phenoxy) is 1. The van der Waals surface area contributed by atoms with Crippen LogP contribution in [0, 0.1) is 0 Å². The highest BCUT2D eigenvalue weighted by molar-refractivity contribution is 6.39. The Hall–Kier alpha value is -1.79. The molecule has 0 radical (unpaired) electrons. The third kappa shape index (κ3) is 5.17. The molecular weight excluding hydrogens is 435 g/mol. The summed E-state index contributed by atoms with van der Waals surface area (Å²) >= 11 is 12.7. The zero-order chi connectivity index (χ0) is 22.8. The number of benzene rings is 2. The van der Waals surface area contributed by atoms with Crippen LogP contribution in [-0.2, 0) is 14.4 Å². The molecule has 0 aliphatic carbocycles. The molecule has 2 aromatic carbocycles. The van der Waals surface area contributed by atoms with Gasteiger partial charge in [-0.3, -0.25) is 4.84 Å². The van der Waals surface area contributed by atoms with Gasteiger partial charge in [-0.2, -0.15) is 5.06 Å². The van der Waals surface area contributed by atoms with E-state index in [1.165, 1.54) is 7.11 Å². The Labute approximate surface area is 194 Å². The molecule has 0 saturated carbocycles. The first-order valence-electron chi connectivity index (χ1n) is 10.4. The van der Waals surface area contributed by atoms with Crippen molar-refractivity contribution in [2.24, 2.45) is 0 Å². The van der Waals surface area contributed by atoms with E-state index in [2.05, 4.69) is 33.0 Å². The summed E-state index contributed by atoms with van der Waals surface area (Å²) in [5, 5.41) is 6.20. The van der Waals surface area contributed by atoms with Gasteiger partial charge in [-0.15, -0.1) is 0 Å². The summed E-state index contributed by atoms with van der Waals surface area (Å²) in [4.78, 5) is 19.3. The third-order valence-corrected chi connectivity index (χ3v) is 6.40. The minimum absolute atomic E-state index is 0.234. The molecule has 168 valence electrons. The molecule has 7 heteroatoms. The van der Waals surface area contributed by atoms with Crippen molar-refractivity contribution in [2.75, 3.05) is 12.4 Å². The van der Waals surface area contributed by atoms with Gasteiger partial charge >= 0.3 is 5.97 Å². The number of hydrogen-bond acceptors (Lipinski definition) is 5. The summed E-state index contributed by atoms with van der Waals surface area (Å²) in [5.74, 6) is -0.475. The van der Waals surface area contributed by atoms with E-state index in [1.807, 2.05) is 29.3 Å². The number of hydroxylamine groups is 2. The summed E-state index contributed by atoms with van der Waals surface area (Å²) in [5.41, 5.74) is 1.41. The lowest BCUT2D eigenvalue weighted by molar-refractivity contribution is -0.304. The summed E-state index contributed by atoms with van der Waals surface area (Å²) in [6, 6.07) is 12.7. The largest absolute Gasteiger partial charge is 0.467 e. The van der Waals surface area contributed by atoms with Gasteiger partial charge in [0.1, 0.15) is 0 Å². The second-order valence-electron chi connectivity index (χ2n) is 9.09. The normalized spacial score (nSPS) is 18.9. The summed E-state index contributed by atoms with van der Waals surface area (Å²) < 4.78 is 5.13. The van der Waals surface area contributed by atoms with E-state index in [0.29, 0.717) is 27.0 Å². The number of methoxy groups -OCH3 is 1. The van der Waals surface area contributed by atoms with Crippen molar-refractivity contribution in [1.82, 2.24) is 5.06 Å². The topological polar surface area (TPSA) is 50.8 Å². The fraction of sp³-hybridized carbons (Fsp3) is 0.458. The van der Waals surface area contributed by atoms with Crippen molar-refractivity contribution in [3.05, 3.63) is 58.1 Å². The van der Waals surface area contributed by atoms with E-state index < -0.39 is 12.1 Å². The maximum Gasteiger partial charge on any atom is 0.341 e. The van der Waals surface area contributed by atoms with Crippen LogP contribution in [0.2, 0.25) is 10.0 Å². The monoisotopic (exact) mass is 464 g/mol. The van der Waals surface area contributed by atoms with E-state index >= 15 is 0 Å². The number of carbonyl (C=O) groups excluding carboxylic acids is 1. The highest BCUT2D eigenvalue weighted by atomic mass is 35.5. The zero-order valence-electron chi connectivity index (χ0n) is 18.7. The lowest BCUT2D eigenvalue weighted by atomic mass is 9.82. The van der Waals surface area contributed by atoms with Crippen LogP contribution >= 0.6 is 23.2 Å². The first kappa shape index (κ1) is 23.9. The zero-order valence-corrected chi connectivity index (χ0v) is 20.2. The highest BCUT2D eigenvalue weighted by Crippen LogP contribution is 2.42. The second kappa shape index (κ2) is 9.37. The van der Waals surface area contributed by atoms with Crippen LogP contribution in [0.15, 0.2) is 42.5 Å². The molecule has 1 atom stereocenters. The molecule has 3 rings (SSSR count). The summed E-state index contributed by atoms with van der Waals surface area (Å²) in [7, 11) is 1.37. The fourth-order valence-corrected chi connectivity index (χ4v) is 4.78. The van der Waals surface area contributed by atoms with Crippen molar-refractivity contribution in [1.29, 1.82) is 0 Å². The Morgan fingerprint density at radius 3 is 2.16 bits per heavy atom. The molecule has 1 aliphatic heterocycles. The maximum absolute atomic E-state index is 12.9. The molecule has 0 spiro atoms. The van der Waals surface area contributed by atoms with Gasteiger partial charge in [-0.25, -0.2) is 4.79 Å². The Kier molecular flexibility index (Phi) is 7.21. The molecule has 1 unspecified atom stereocenters. The molecule has 0 aromatic heterocycles. The molecule has 31 heavy (non-hydrogen) atoms. The standard InChI is InChI=1S/C24H30Cl2N2O3/c1-23(2)14-9-15-24(3,4)28(23)31-21(22(29)30-5)16-10-6-7-13-19(16)27-20-17(25)11-8-12-18(20)26/h6-8,10-13,21,27H,9,14-15H2,1-5H3. The SMILES string of the molecule is COC(=O)C(ON1C(C)(C)CCCC1(C)C)c1ccccc1Nc1c(Cl)cccc1Cl. The number of nitrogens with zero attached hydrogens (tertiary/aromatic N) is 1. The van der Waals surface area contributed by atoms with Crippen LogP contribution < -0.4 is 5.32 Å². The third-order valence-electron chi connectivity index (χ3n) is 5.77. The van der Waals surface area contributed by atoms with Crippen molar-refractivity contribution in [3.8, 4) is 0 Å². The highest BCUT2D eigenvalue weighted by Gasteiger charge is 2.45. The van der Waals surface area contributed by atoms with Gasteiger partial charge in [0.25, 0.3) is 0 Å². The second-order valence-corrected chi connectivity index (χ2v) is 9.90. The molecule has 2 aromatic rings. The van der Waals surface area contributed by atoms with E-state index in [0.717, 1.165) is 19.3 Å². The van der Waals surface area contributed by atoms with Gasteiger partial charge in [0, 0.05) is 22.3 Å². The first-order chi connectivity index (χ1) is 14.6. The van der Waals surface area contributed by atoms with Crippen LogP contribution in [0.5, 0.6) is 0 Å². The Balaban J connectivity index is 2.02. The van der Waals surface area contributed by atoms with Gasteiger partial charge in [0.05, 0.1) is 22.8 Å². The fourth-order valence-electron chi connectivity index (χ4n) is 4.29. The molecule has 1 saturated heterocycles. The Morgan fingerprint density at radius 2 is 1.58 bits per heavy atom. The van der Waals surface area contributed by atoms with Crippen molar-refractivity contribution < 1.29 is 14.4 Å². The minimum atomic E-state index is -0.952. The van der Waals surface area contributed by atoms with E-state index in [-0.39, 0.29) is 11.1 Å². The number of para-hydroxylation sites is 2. The number of piperidine rings is 1. The summed E-state index contributed by atoms with van der Waals surface area (Å²) in [6.07, 6.45) is 2.09. The van der Waals surface area contributed by atoms with Gasteiger partial charge in [-0.05, 0) is 65.2 Å². The van der Waals surface area contributed by atoms with Crippen LogP contribution in [0.25, 0.3) is 0 Å². The summed E-state index contributed by atoms with van der Waals surface area (Å²) in [6.45, 7) is 8.54. The molecular formula is C24H30Cl2N2O3. The van der Waals surface area contributed by atoms with Crippen molar-refractivity contribution >= 4 is 40.5 Å². The molecule has 1 heterocycles. The maximum atomic E-state index is 12.9. The smallest absolute Gasteiger partial charge is 0.341 e. The predicted molar refractivity (Wildman–Crippen MR) is 126 cm³/mol. The van der Waals surface area contributed by atoms with Crippen molar-refractivity contribution in [2.45, 2.75) is 64.1 Å². The van der Waals surface area contributed by atoms with Gasteiger partial charge in [-0.1, -0.05) is 47.5 Å². The molecule has 1 fully saturated rings. The Morgan fingerprint density at radius 1 is 1.00 bits per heavy atom. The predicted octanol–water partition coefficient (Wildman–Crippen LogP) is 6.93. The molecule has 0 bridgehead atoms. The van der Waals surface area contributed by atoms with Crippen LogP contribution in [0.3, 0.4) is 0 Å². The first-order valence-corrected chi connectivity index (χ1v) is 11.2. The van der Waals surface area contributed by atoms with Crippen LogP contribution in [-0.4, -0.2) is 29.2 Å². The number of hydrogen-bond donors (Lipinski definition) is 1. The van der Waals surface area contributed by atoms with E-state index in [1.54, 1.807) is 18.2 Å². The Bertz CT molecular complexity index is 910. The van der Waals surface area contributed by atoms with Gasteiger partial charge < -0.3 is 10.1 Å². The minimum Gasteiger partial charge on any atom is -0.467 e. The average molecular weight is 465 g/mol. The molecule has 5 nitrogen and oxygen atoms in total. The van der Waals surface area contributed by atoms with Crippen LogP contribution in [0.1, 0.15) is 58.6 Å². The number of halogens is 2. The van der Waals surface area contributed by atoms with Crippen LogP contribution in [0.4, 0.5) is 11.4 Å². The molecule has 1 aliphatic rings. The lowest BCUT2D eigenvalue weighted by Gasteiger charge is -2.52.